The first-order chi connectivity index (χ1) is 9.46. The van der Waals surface area contributed by atoms with Crippen LogP contribution in [-0.2, 0) is 0 Å². The van der Waals surface area contributed by atoms with Crippen LogP contribution in [0.15, 0.2) is 59.7 Å². The zero-order valence-electron chi connectivity index (χ0n) is 11.9. The summed E-state index contributed by atoms with van der Waals surface area (Å²) in [5, 5.41) is 0. The maximum Gasteiger partial charge on any atom is 0.249 e. The fourth-order valence-corrected chi connectivity index (χ4v) is 1.78. The Morgan fingerprint density at radius 3 is 2.30 bits per heavy atom. The van der Waals surface area contributed by atoms with Gasteiger partial charge in [0.25, 0.3) is 0 Å². The minimum atomic E-state index is -0.234. The average Bonchev–Trinajstić information content (AvgIpc) is 2.40. The molecule has 0 unspecified atom stereocenters. The molecule has 0 saturated carbocycles. The number of aliphatic imine (C=N–C) groups is 1. The van der Waals surface area contributed by atoms with E-state index in [4.69, 9.17) is 17.1 Å². The maximum atomic E-state index is 5.87. The molecule has 0 spiro atoms. The minimum Gasteiger partial charge on any atom is -0.354 e. The van der Waals surface area contributed by atoms with Gasteiger partial charge in [-0.25, -0.2) is 4.99 Å². The van der Waals surface area contributed by atoms with Crippen LogP contribution in [0.1, 0.15) is 26.3 Å². The SMILES string of the molecule is CC(C)(C)N=C(On1ccccc1=S)c1ccccc1. The highest BCUT2D eigenvalue weighted by Crippen LogP contribution is 2.11. The number of hydrogen-bond donors (Lipinski definition) is 0. The fraction of sp³-hybridized carbons (Fsp3) is 0.250. The zero-order chi connectivity index (χ0) is 14.6. The Bertz CT molecular complexity index is 654. The maximum absolute atomic E-state index is 5.87. The number of pyridine rings is 1. The van der Waals surface area contributed by atoms with E-state index in [1.54, 1.807) is 10.9 Å². The topological polar surface area (TPSA) is 26.5 Å². The van der Waals surface area contributed by atoms with E-state index in [0.29, 0.717) is 10.5 Å². The molecule has 0 radical (unpaired) electrons. The molecule has 0 aliphatic heterocycles. The van der Waals surface area contributed by atoms with Gasteiger partial charge in [0, 0.05) is 11.8 Å². The monoisotopic (exact) mass is 286 g/mol. The summed E-state index contributed by atoms with van der Waals surface area (Å²) in [7, 11) is 0. The molecule has 0 saturated heterocycles. The van der Waals surface area contributed by atoms with Crippen molar-refractivity contribution in [3.8, 4) is 0 Å². The van der Waals surface area contributed by atoms with Gasteiger partial charge in [-0.15, -0.1) is 0 Å². The van der Waals surface area contributed by atoms with E-state index in [-0.39, 0.29) is 5.54 Å². The van der Waals surface area contributed by atoms with E-state index >= 15 is 0 Å². The molecule has 0 bridgehead atoms. The predicted molar refractivity (Wildman–Crippen MR) is 84.6 cm³/mol. The van der Waals surface area contributed by atoms with Crippen LogP contribution in [0.5, 0.6) is 0 Å². The molecule has 20 heavy (non-hydrogen) atoms. The number of nitrogens with zero attached hydrogens (tertiary/aromatic N) is 2. The molecule has 2 aromatic rings. The van der Waals surface area contributed by atoms with Crippen molar-refractivity contribution < 1.29 is 4.84 Å². The Labute approximate surface area is 124 Å². The predicted octanol–water partition coefficient (Wildman–Crippen LogP) is 3.89. The first-order valence-corrected chi connectivity index (χ1v) is 6.88. The Morgan fingerprint density at radius 2 is 1.70 bits per heavy atom. The molecule has 0 fully saturated rings. The molecular weight excluding hydrogens is 268 g/mol. The molecule has 4 heteroatoms. The van der Waals surface area contributed by atoms with Gasteiger partial charge in [-0.2, -0.15) is 4.73 Å². The molecule has 1 aromatic heterocycles. The lowest BCUT2D eigenvalue weighted by atomic mass is 10.1. The summed E-state index contributed by atoms with van der Waals surface area (Å²) in [6.45, 7) is 6.09. The summed E-state index contributed by atoms with van der Waals surface area (Å²) in [5.74, 6) is 0.556. The third kappa shape index (κ3) is 4.03. The minimum absolute atomic E-state index is 0.234. The third-order valence-corrected chi connectivity index (χ3v) is 2.75. The second kappa shape index (κ2) is 6.01. The Balaban J connectivity index is 2.42. The van der Waals surface area contributed by atoms with Crippen LogP contribution in [0.2, 0.25) is 0 Å². The van der Waals surface area contributed by atoms with Gasteiger partial charge >= 0.3 is 0 Å². The zero-order valence-corrected chi connectivity index (χ0v) is 12.7. The summed E-state index contributed by atoms with van der Waals surface area (Å²) in [5.41, 5.74) is 0.690. The van der Waals surface area contributed by atoms with Crippen LogP contribution >= 0.6 is 12.2 Å². The van der Waals surface area contributed by atoms with Gasteiger partial charge in [0.15, 0.2) is 0 Å². The van der Waals surface area contributed by atoms with Crippen molar-refractivity contribution in [2.75, 3.05) is 0 Å². The summed E-state index contributed by atoms with van der Waals surface area (Å²) >= 11 is 5.24. The summed E-state index contributed by atoms with van der Waals surface area (Å²) in [6.07, 6.45) is 1.78. The van der Waals surface area contributed by atoms with Crippen molar-refractivity contribution in [1.82, 2.24) is 4.73 Å². The molecule has 0 amide bonds. The summed E-state index contributed by atoms with van der Waals surface area (Å²) in [6, 6.07) is 15.4. The molecule has 1 aromatic carbocycles. The van der Waals surface area contributed by atoms with Crippen LogP contribution in [0.3, 0.4) is 0 Å². The van der Waals surface area contributed by atoms with Gasteiger partial charge in [-0.3, -0.25) is 0 Å². The van der Waals surface area contributed by atoms with Crippen molar-refractivity contribution in [2.24, 2.45) is 4.99 Å². The molecule has 104 valence electrons. The van der Waals surface area contributed by atoms with E-state index < -0.39 is 0 Å². The summed E-state index contributed by atoms with van der Waals surface area (Å²) in [4.78, 5) is 10.5. The molecule has 1 heterocycles. The highest BCUT2D eigenvalue weighted by atomic mass is 32.1. The van der Waals surface area contributed by atoms with Gasteiger partial charge in [-0.05, 0) is 45.0 Å². The third-order valence-electron chi connectivity index (χ3n) is 2.43. The molecule has 3 nitrogen and oxygen atoms in total. The average molecular weight is 286 g/mol. The van der Waals surface area contributed by atoms with Crippen molar-refractivity contribution >= 4 is 18.1 Å². The fourth-order valence-electron chi connectivity index (χ4n) is 1.60. The largest absolute Gasteiger partial charge is 0.354 e. The molecular formula is C16H18N2OS. The van der Waals surface area contributed by atoms with Gasteiger partial charge in [0.1, 0.15) is 4.64 Å². The Kier molecular flexibility index (Phi) is 4.35. The Morgan fingerprint density at radius 1 is 1.05 bits per heavy atom. The summed E-state index contributed by atoms with van der Waals surface area (Å²) < 4.78 is 2.15. The van der Waals surface area contributed by atoms with Crippen LogP contribution in [0, 0.1) is 4.64 Å². The lowest BCUT2D eigenvalue weighted by Gasteiger charge is -2.17. The van der Waals surface area contributed by atoms with Crippen molar-refractivity contribution in [3.05, 3.63) is 64.9 Å². The normalized spacial score (nSPS) is 12.2. The number of aromatic nitrogens is 1. The first kappa shape index (κ1) is 14.5. The van der Waals surface area contributed by atoms with Crippen molar-refractivity contribution in [3.63, 3.8) is 0 Å². The second-order valence-corrected chi connectivity index (χ2v) is 5.83. The lowest BCUT2D eigenvalue weighted by Crippen LogP contribution is -2.25. The molecule has 0 aliphatic carbocycles. The van der Waals surface area contributed by atoms with Gasteiger partial charge in [-0.1, -0.05) is 36.5 Å². The molecule has 2 rings (SSSR count). The van der Waals surface area contributed by atoms with Crippen LogP contribution in [-0.4, -0.2) is 16.2 Å². The molecule has 0 N–H and O–H groups in total. The number of hydrogen-bond acceptors (Lipinski definition) is 3. The van der Waals surface area contributed by atoms with Gasteiger partial charge < -0.3 is 4.84 Å². The van der Waals surface area contributed by atoms with Crippen molar-refractivity contribution in [1.29, 1.82) is 0 Å². The van der Waals surface area contributed by atoms with Crippen LogP contribution < -0.4 is 4.84 Å². The smallest absolute Gasteiger partial charge is 0.249 e. The first-order valence-electron chi connectivity index (χ1n) is 6.47. The van der Waals surface area contributed by atoms with E-state index in [1.807, 2.05) is 69.3 Å². The van der Waals surface area contributed by atoms with E-state index in [9.17, 15) is 0 Å². The lowest BCUT2D eigenvalue weighted by molar-refractivity contribution is 0.252. The van der Waals surface area contributed by atoms with E-state index in [2.05, 4.69) is 4.99 Å². The molecule has 0 atom stereocenters. The number of rotatable bonds is 2. The van der Waals surface area contributed by atoms with Crippen LogP contribution in [0.4, 0.5) is 0 Å². The number of benzene rings is 1. The van der Waals surface area contributed by atoms with Gasteiger partial charge in [0.2, 0.25) is 5.90 Å². The highest BCUT2D eigenvalue weighted by molar-refractivity contribution is 7.71. The quantitative estimate of drug-likeness (QED) is 0.475. The van der Waals surface area contributed by atoms with Crippen LogP contribution in [0.25, 0.3) is 0 Å². The van der Waals surface area contributed by atoms with Gasteiger partial charge in [0.05, 0.1) is 5.54 Å². The highest BCUT2D eigenvalue weighted by Gasteiger charge is 2.14. The standard InChI is InChI=1S/C16H18N2OS/c1-16(2,3)17-15(13-9-5-4-6-10-13)19-18-12-8-7-11-14(18)20/h4-12H,1-3H3. The van der Waals surface area contributed by atoms with Crippen molar-refractivity contribution in [2.45, 2.75) is 26.3 Å². The Hall–Kier alpha value is -1.94. The van der Waals surface area contributed by atoms with E-state index in [1.165, 1.54) is 0 Å². The second-order valence-electron chi connectivity index (χ2n) is 5.41. The molecule has 0 aliphatic rings. The van der Waals surface area contributed by atoms with E-state index in [0.717, 1.165) is 5.56 Å².